The monoisotopic (exact) mass is 362 g/mol. The molecule has 3 nitrogen and oxygen atoms in total. The Morgan fingerprint density at radius 2 is 1.85 bits per heavy atom. The number of H-pyrrole nitrogens is 1. The second-order valence-corrected chi connectivity index (χ2v) is 6.87. The van der Waals surface area contributed by atoms with E-state index >= 15 is 0 Å². The van der Waals surface area contributed by atoms with Crippen LogP contribution in [0.1, 0.15) is 18.1 Å². The van der Waals surface area contributed by atoms with Crippen molar-refractivity contribution in [2.45, 2.75) is 19.8 Å². The first-order chi connectivity index (χ1) is 12.6. The average Bonchev–Trinajstić information content (AvgIpc) is 3.01. The molecule has 4 heteroatoms. The van der Waals surface area contributed by atoms with Gasteiger partial charge in [0.25, 0.3) is 0 Å². The van der Waals surface area contributed by atoms with Crippen LogP contribution in [0.15, 0.2) is 60.7 Å². The van der Waals surface area contributed by atoms with Crippen LogP contribution in [0.3, 0.4) is 0 Å². The number of carbonyl (C=O) groups excluding carboxylic acids is 1. The Hall–Kier alpha value is -2.78. The van der Waals surface area contributed by atoms with E-state index < -0.39 is 0 Å². The van der Waals surface area contributed by atoms with Gasteiger partial charge in [-0.3, -0.25) is 4.79 Å². The molecule has 0 saturated carbocycles. The minimum Gasteiger partial charge on any atom is -0.354 e. The lowest BCUT2D eigenvalue weighted by atomic mass is 10.1. The van der Waals surface area contributed by atoms with Crippen molar-refractivity contribution in [3.05, 3.63) is 76.8 Å². The van der Waals surface area contributed by atoms with Gasteiger partial charge in [-0.2, -0.15) is 0 Å². The summed E-state index contributed by atoms with van der Waals surface area (Å²) in [5, 5.41) is 6.04. The largest absolute Gasteiger partial charge is 0.354 e. The lowest BCUT2D eigenvalue weighted by Crippen LogP contribution is -2.14. The topological polar surface area (TPSA) is 44.9 Å². The molecule has 0 aliphatic carbocycles. The number of halogens is 1. The number of aromatic nitrogens is 1. The predicted molar refractivity (Wildman–Crippen MR) is 109 cm³/mol. The first kappa shape index (κ1) is 16.7. The zero-order chi connectivity index (χ0) is 18.1. The molecule has 0 bridgehead atoms. The maximum Gasteiger partial charge on any atom is 0.228 e. The van der Waals surface area contributed by atoms with Crippen LogP contribution in [-0.4, -0.2) is 10.9 Å². The Bertz CT molecular complexity index is 1100. The zero-order valence-electron chi connectivity index (χ0n) is 14.5. The number of benzene rings is 3. The van der Waals surface area contributed by atoms with Crippen molar-refractivity contribution < 1.29 is 4.79 Å². The fraction of sp³-hybridized carbons (Fsp3) is 0.136. The molecule has 0 aliphatic rings. The summed E-state index contributed by atoms with van der Waals surface area (Å²) in [6.07, 6.45) is 1.30. The molecular formula is C22H19ClN2O. The second-order valence-electron chi connectivity index (χ2n) is 6.43. The molecule has 1 amide bonds. The summed E-state index contributed by atoms with van der Waals surface area (Å²) < 4.78 is 0. The van der Waals surface area contributed by atoms with Gasteiger partial charge in [-0.15, -0.1) is 0 Å². The van der Waals surface area contributed by atoms with Crippen LogP contribution >= 0.6 is 11.6 Å². The normalized spacial score (nSPS) is 11.2. The molecule has 4 rings (SSSR count). The van der Waals surface area contributed by atoms with E-state index in [1.807, 2.05) is 24.3 Å². The third-order valence-electron chi connectivity index (χ3n) is 4.66. The number of anilines is 1. The second kappa shape index (κ2) is 6.85. The Balaban J connectivity index is 1.60. The maximum absolute atomic E-state index is 12.3. The Morgan fingerprint density at radius 1 is 1.04 bits per heavy atom. The highest BCUT2D eigenvalue weighted by molar-refractivity contribution is 6.30. The molecule has 2 N–H and O–H groups in total. The van der Waals surface area contributed by atoms with E-state index in [0.717, 1.165) is 23.2 Å². The highest BCUT2D eigenvalue weighted by Crippen LogP contribution is 2.29. The Morgan fingerprint density at radius 3 is 2.62 bits per heavy atom. The SMILES string of the molecule is CCc1cccc2c1[nH]c1cc(NC(=O)Cc3ccc(Cl)cc3)ccc12. The van der Waals surface area contributed by atoms with Gasteiger partial charge in [0.15, 0.2) is 0 Å². The number of rotatable bonds is 4. The van der Waals surface area contributed by atoms with E-state index in [-0.39, 0.29) is 5.91 Å². The number of aromatic amines is 1. The predicted octanol–water partition coefficient (Wildman–Crippen LogP) is 5.72. The molecule has 3 aromatic carbocycles. The molecule has 0 aliphatic heterocycles. The summed E-state index contributed by atoms with van der Waals surface area (Å²) in [6.45, 7) is 2.16. The third-order valence-corrected chi connectivity index (χ3v) is 4.91. The maximum atomic E-state index is 12.3. The summed E-state index contributed by atoms with van der Waals surface area (Å²) in [6, 6.07) is 19.7. The van der Waals surface area contributed by atoms with Gasteiger partial charge in [-0.05, 0) is 41.8 Å². The minimum atomic E-state index is -0.0444. The molecule has 0 atom stereocenters. The summed E-state index contributed by atoms with van der Waals surface area (Å²) in [4.78, 5) is 15.8. The van der Waals surface area contributed by atoms with Crippen molar-refractivity contribution in [1.82, 2.24) is 4.98 Å². The van der Waals surface area contributed by atoms with Crippen molar-refractivity contribution in [3.8, 4) is 0 Å². The molecule has 0 spiro atoms. The number of nitrogens with one attached hydrogen (secondary N) is 2. The number of carbonyl (C=O) groups is 1. The standard InChI is InChI=1S/C22H19ClN2O/c1-2-15-4-3-5-19-18-11-10-17(13-20(18)25-22(15)19)24-21(26)12-14-6-8-16(23)9-7-14/h3-11,13,25H,2,12H2,1H3,(H,24,26). The lowest BCUT2D eigenvalue weighted by Gasteiger charge is -2.06. The molecule has 0 unspecified atom stereocenters. The first-order valence-electron chi connectivity index (χ1n) is 8.71. The number of amides is 1. The van der Waals surface area contributed by atoms with Crippen LogP contribution in [0.25, 0.3) is 21.8 Å². The van der Waals surface area contributed by atoms with Crippen molar-refractivity contribution in [2.75, 3.05) is 5.32 Å². The fourth-order valence-corrected chi connectivity index (χ4v) is 3.48. The fourth-order valence-electron chi connectivity index (χ4n) is 3.35. The molecular weight excluding hydrogens is 344 g/mol. The van der Waals surface area contributed by atoms with Gasteiger partial charge < -0.3 is 10.3 Å². The van der Waals surface area contributed by atoms with E-state index in [2.05, 4.69) is 41.5 Å². The third kappa shape index (κ3) is 3.18. The van der Waals surface area contributed by atoms with Gasteiger partial charge in [-0.25, -0.2) is 0 Å². The molecule has 1 heterocycles. The summed E-state index contributed by atoms with van der Waals surface area (Å²) in [5.74, 6) is -0.0444. The van der Waals surface area contributed by atoms with Crippen molar-refractivity contribution >= 4 is 45.0 Å². The number of hydrogen-bond acceptors (Lipinski definition) is 1. The van der Waals surface area contributed by atoms with Crippen LogP contribution in [0, 0.1) is 0 Å². The molecule has 4 aromatic rings. The zero-order valence-corrected chi connectivity index (χ0v) is 15.2. The smallest absolute Gasteiger partial charge is 0.228 e. The molecule has 1 aromatic heterocycles. The first-order valence-corrected chi connectivity index (χ1v) is 9.09. The molecule has 0 saturated heterocycles. The lowest BCUT2D eigenvalue weighted by molar-refractivity contribution is -0.115. The van der Waals surface area contributed by atoms with E-state index in [1.54, 1.807) is 12.1 Å². The van der Waals surface area contributed by atoms with Crippen molar-refractivity contribution in [3.63, 3.8) is 0 Å². The van der Waals surface area contributed by atoms with Gasteiger partial charge in [0, 0.05) is 32.5 Å². The van der Waals surface area contributed by atoms with Crippen LogP contribution < -0.4 is 5.32 Å². The minimum absolute atomic E-state index is 0.0444. The molecule has 0 radical (unpaired) electrons. The van der Waals surface area contributed by atoms with Crippen LogP contribution in [-0.2, 0) is 17.6 Å². The molecule has 26 heavy (non-hydrogen) atoms. The summed E-state index contributed by atoms with van der Waals surface area (Å²) >= 11 is 5.88. The van der Waals surface area contributed by atoms with E-state index in [9.17, 15) is 4.79 Å². The van der Waals surface area contributed by atoms with Crippen molar-refractivity contribution in [1.29, 1.82) is 0 Å². The van der Waals surface area contributed by atoms with Crippen LogP contribution in [0.2, 0.25) is 5.02 Å². The average molecular weight is 363 g/mol. The number of hydrogen-bond donors (Lipinski definition) is 2. The van der Waals surface area contributed by atoms with E-state index in [4.69, 9.17) is 11.6 Å². The molecule has 130 valence electrons. The van der Waals surface area contributed by atoms with Gasteiger partial charge >= 0.3 is 0 Å². The Kier molecular flexibility index (Phi) is 4.39. The van der Waals surface area contributed by atoms with Crippen LogP contribution in [0.5, 0.6) is 0 Å². The van der Waals surface area contributed by atoms with Crippen molar-refractivity contribution in [2.24, 2.45) is 0 Å². The van der Waals surface area contributed by atoms with Gasteiger partial charge in [0.1, 0.15) is 0 Å². The summed E-state index contributed by atoms with van der Waals surface area (Å²) in [7, 11) is 0. The number of para-hydroxylation sites is 1. The highest BCUT2D eigenvalue weighted by atomic mass is 35.5. The van der Waals surface area contributed by atoms with Gasteiger partial charge in [0.2, 0.25) is 5.91 Å². The van der Waals surface area contributed by atoms with E-state index in [0.29, 0.717) is 11.4 Å². The summed E-state index contributed by atoms with van der Waals surface area (Å²) in [5.41, 5.74) is 5.24. The Labute approximate surface area is 157 Å². The number of aryl methyl sites for hydroxylation is 1. The van der Waals surface area contributed by atoms with Gasteiger partial charge in [0.05, 0.1) is 6.42 Å². The number of fused-ring (bicyclic) bond motifs is 3. The molecule has 0 fully saturated rings. The van der Waals surface area contributed by atoms with Gasteiger partial charge in [-0.1, -0.05) is 54.9 Å². The highest BCUT2D eigenvalue weighted by Gasteiger charge is 2.09. The quantitative estimate of drug-likeness (QED) is 0.479. The van der Waals surface area contributed by atoms with Crippen LogP contribution in [0.4, 0.5) is 5.69 Å². The van der Waals surface area contributed by atoms with E-state index in [1.165, 1.54) is 21.9 Å².